The fraction of sp³-hybridized carbons (Fsp3) is 0.600. The lowest BCUT2D eigenvalue weighted by Crippen LogP contribution is -2.31. The summed E-state index contributed by atoms with van der Waals surface area (Å²) < 4.78 is 2.14. The molecule has 0 aliphatic carbocycles. The van der Waals surface area contributed by atoms with Crippen molar-refractivity contribution in [3.05, 3.63) is 24.2 Å². The average Bonchev–Trinajstić information content (AvgIpc) is 2.82. The van der Waals surface area contributed by atoms with Gasteiger partial charge in [0, 0.05) is 25.3 Å². The zero-order valence-corrected chi connectivity index (χ0v) is 13.4. The molecule has 0 saturated carbocycles. The molecule has 0 spiro atoms. The Morgan fingerprint density at radius 2 is 2.15 bits per heavy atom. The molecule has 2 heterocycles. The van der Waals surface area contributed by atoms with E-state index in [4.69, 9.17) is 11.6 Å². The molecule has 20 heavy (non-hydrogen) atoms. The van der Waals surface area contributed by atoms with Gasteiger partial charge in [0.15, 0.2) is 5.65 Å². The monoisotopic (exact) mass is 294 g/mol. The third kappa shape index (κ3) is 3.13. The summed E-state index contributed by atoms with van der Waals surface area (Å²) in [4.78, 5) is 11.4. The fourth-order valence-corrected chi connectivity index (χ4v) is 2.46. The maximum Gasteiger partial charge on any atom is 0.160 e. The van der Waals surface area contributed by atoms with Gasteiger partial charge in [-0.15, -0.1) is 11.6 Å². The Hall–Kier alpha value is -1.13. The molecular weight excluding hydrogens is 272 g/mol. The van der Waals surface area contributed by atoms with E-state index >= 15 is 0 Å². The van der Waals surface area contributed by atoms with Crippen molar-refractivity contribution in [2.75, 3.05) is 13.6 Å². The van der Waals surface area contributed by atoms with Crippen LogP contribution in [-0.4, -0.2) is 39.1 Å². The number of hydrogen-bond acceptors (Lipinski definition) is 3. The van der Waals surface area contributed by atoms with Gasteiger partial charge < -0.3 is 9.47 Å². The van der Waals surface area contributed by atoms with Crippen LogP contribution in [0.4, 0.5) is 0 Å². The zero-order chi connectivity index (χ0) is 14.7. The maximum absolute atomic E-state index is 6.26. The third-order valence-electron chi connectivity index (χ3n) is 3.91. The van der Waals surface area contributed by atoms with E-state index in [1.807, 2.05) is 25.3 Å². The van der Waals surface area contributed by atoms with Crippen LogP contribution in [0, 0.1) is 0 Å². The lowest BCUT2D eigenvalue weighted by Gasteiger charge is -2.24. The minimum Gasteiger partial charge on any atom is -0.310 e. The Balaban J connectivity index is 2.25. The molecular formula is C15H23ClN4. The number of nitrogens with zero attached hydrogens (tertiary/aromatic N) is 4. The van der Waals surface area contributed by atoms with Gasteiger partial charge >= 0.3 is 0 Å². The van der Waals surface area contributed by atoms with Crippen LogP contribution in [-0.2, 0) is 6.54 Å². The van der Waals surface area contributed by atoms with E-state index in [1.54, 1.807) is 0 Å². The molecule has 4 nitrogen and oxygen atoms in total. The number of imidazole rings is 1. The average molecular weight is 295 g/mol. The number of pyridine rings is 1. The predicted molar refractivity (Wildman–Crippen MR) is 84.2 cm³/mol. The first-order valence-corrected chi connectivity index (χ1v) is 7.63. The minimum absolute atomic E-state index is 0.113. The lowest BCUT2D eigenvalue weighted by atomic mass is 10.2. The first-order valence-electron chi connectivity index (χ1n) is 7.20. The van der Waals surface area contributed by atoms with E-state index < -0.39 is 0 Å². The highest BCUT2D eigenvalue weighted by Crippen LogP contribution is 2.23. The van der Waals surface area contributed by atoms with Crippen LogP contribution < -0.4 is 0 Å². The topological polar surface area (TPSA) is 34.0 Å². The predicted octanol–water partition coefficient (Wildman–Crippen LogP) is 3.46. The van der Waals surface area contributed by atoms with Gasteiger partial charge in [0.05, 0.1) is 5.38 Å². The highest BCUT2D eigenvalue weighted by Gasteiger charge is 2.16. The second kappa shape index (κ2) is 6.55. The van der Waals surface area contributed by atoms with Crippen molar-refractivity contribution >= 4 is 22.8 Å². The van der Waals surface area contributed by atoms with Crippen molar-refractivity contribution in [2.45, 2.75) is 45.2 Å². The Labute approximate surface area is 125 Å². The Morgan fingerprint density at radius 3 is 2.80 bits per heavy atom. The number of hydrogen-bond donors (Lipinski definition) is 0. The van der Waals surface area contributed by atoms with E-state index in [9.17, 15) is 0 Å². The van der Waals surface area contributed by atoms with Crippen LogP contribution in [0.15, 0.2) is 18.3 Å². The minimum atomic E-state index is -0.113. The maximum atomic E-state index is 6.26. The van der Waals surface area contributed by atoms with Gasteiger partial charge in [0.1, 0.15) is 11.3 Å². The number of likely N-dealkylation sites (N-methyl/N-ethyl adjacent to an activating group) is 1. The van der Waals surface area contributed by atoms with Gasteiger partial charge in [-0.2, -0.15) is 0 Å². The summed E-state index contributed by atoms with van der Waals surface area (Å²) in [7, 11) is 2.16. The van der Waals surface area contributed by atoms with Gasteiger partial charge in [-0.25, -0.2) is 9.97 Å². The highest BCUT2D eigenvalue weighted by atomic mass is 35.5. The summed E-state index contributed by atoms with van der Waals surface area (Å²) in [5.74, 6) is 0.901. The molecule has 0 radical (unpaired) electrons. The molecule has 2 atom stereocenters. The third-order valence-corrected chi connectivity index (χ3v) is 4.10. The van der Waals surface area contributed by atoms with Gasteiger partial charge in [-0.1, -0.05) is 6.92 Å². The standard InChI is InChI=1S/C15H23ClN4/c1-5-11(2)19(4)9-10-20-14(12(3)16)18-13-7-6-8-17-15(13)20/h6-8,11-12H,5,9-10H2,1-4H3. The summed E-state index contributed by atoms with van der Waals surface area (Å²) >= 11 is 6.26. The molecule has 0 bridgehead atoms. The number of fused-ring (bicyclic) bond motifs is 1. The van der Waals surface area contributed by atoms with E-state index in [0.717, 1.165) is 36.5 Å². The van der Waals surface area contributed by atoms with Gasteiger partial charge in [-0.3, -0.25) is 0 Å². The van der Waals surface area contributed by atoms with Gasteiger partial charge in [-0.05, 0) is 39.4 Å². The molecule has 0 N–H and O–H groups in total. The summed E-state index contributed by atoms with van der Waals surface area (Å²) in [6.07, 6.45) is 2.96. The molecule has 0 amide bonds. The van der Waals surface area contributed by atoms with Crippen molar-refractivity contribution < 1.29 is 0 Å². The molecule has 0 fully saturated rings. The van der Waals surface area contributed by atoms with E-state index in [-0.39, 0.29) is 5.38 Å². The largest absolute Gasteiger partial charge is 0.310 e. The smallest absolute Gasteiger partial charge is 0.160 e. The second-order valence-corrected chi connectivity index (χ2v) is 5.98. The first-order chi connectivity index (χ1) is 9.54. The first kappa shape index (κ1) is 15.3. The number of aromatic nitrogens is 3. The molecule has 2 aromatic rings. The van der Waals surface area contributed by atoms with Crippen LogP contribution in [0.1, 0.15) is 38.4 Å². The normalized spacial score (nSPS) is 14.9. The Kier molecular flexibility index (Phi) is 5.00. The van der Waals surface area contributed by atoms with E-state index in [2.05, 4.69) is 40.3 Å². The highest BCUT2D eigenvalue weighted by molar-refractivity contribution is 6.20. The van der Waals surface area contributed by atoms with Crippen molar-refractivity contribution in [3.8, 4) is 0 Å². The molecule has 0 aliphatic rings. The second-order valence-electron chi connectivity index (χ2n) is 5.32. The lowest BCUT2D eigenvalue weighted by molar-refractivity contribution is 0.242. The van der Waals surface area contributed by atoms with Crippen molar-refractivity contribution in [1.82, 2.24) is 19.4 Å². The van der Waals surface area contributed by atoms with Gasteiger partial charge in [0.25, 0.3) is 0 Å². The van der Waals surface area contributed by atoms with Crippen LogP contribution in [0.25, 0.3) is 11.2 Å². The van der Waals surface area contributed by atoms with Crippen molar-refractivity contribution in [1.29, 1.82) is 0 Å². The summed E-state index contributed by atoms with van der Waals surface area (Å²) in [6.45, 7) is 8.24. The number of halogens is 1. The number of rotatable bonds is 6. The van der Waals surface area contributed by atoms with E-state index in [1.165, 1.54) is 0 Å². The molecule has 5 heteroatoms. The van der Waals surface area contributed by atoms with Gasteiger partial charge in [0.2, 0.25) is 0 Å². The SMILES string of the molecule is CCC(C)N(C)CCn1c(C(C)Cl)nc2cccnc21. The van der Waals surface area contributed by atoms with Crippen LogP contribution in [0.2, 0.25) is 0 Å². The van der Waals surface area contributed by atoms with Crippen molar-refractivity contribution in [3.63, 3.8) is 0 Å². The molecule has 0 saturated heterocycles. The Morgan fingerprint density at radius 1 is 1.40 bits per heavy atom. The van der Waals surface area contributed by atoms with E-state index in [0.29, 0.717) is 6.04 Å². The van der Waals surface area contributed by atoms with Crippen LogP contribution >= 0.6 is 11.6 Å². The van der Waals surface area contributed by atoms with Crippen molar-refractivity contribution in [2.24, 2.45) is 0 Å². The fourth-order valence-electron chi connectivity index (χ4n) is 2.29. The molecule has 110 valence electrons. The molecule has 0 aliphatic heterocycles. The summed E-state index contributed by atoms with van der Waals surface area (Å²) in [6, 6.07) is 4.47. The number of alkyl halides is 1. The summed E-state index contributed by atoms with van der Waals surface area (Å²) in [5.41, 5.74) is 1.84. The zero-order valence-electron chi connectivity index (χ0n) is 12.7. The molecule has 2 rings (SSSR count). The molecule has 0 aromatic carbocycles. The quantitative estimate of drug-likeness (QED) is 0.765. The summed E-state index contributed by atoms with van der Waals surface area (Å²) in [5, 5.41) is -0.113. The molecule has 2 aromatic heterocycles. The molecule has 2 unspecified atom stereocenters. The van der Waals surface area contributed by atoms with Crippen LogP contribution in [0.5, 0.6) is 0 Å². The van der Waals surface area contributed by atoms with Crippen LogP contribution in [0.3, 0.4) is 0 Å². The Bertz CT molecular complexity index is 564.